The van der Waals surface area contributed by atoms with Crippen LogP contribution in [0.15, 0.2) is 30.3 Å². The van der Waals surface area contributed by atoms with Crippen molar-refractivity contribution in [1.82, 2.24) is 4.98 Å². The van der Waals surface area contributed by atoms with Gasteiger partial charge in [-0.05, 0) is 18.2 Å². The molecule has 0 aliphatic carbocycles. The SMILES string of the molecule is CNc1nc(-c2ccccc2OC)c(Cl)cc1Cl. The molecule has 1 aromatic heterocycles. The van der Waals surface area contributed by atoms with Crippen LogP contribution in [0.1, 0.15) is 0 Å². The third kappa shape index (κ3) is 2.37. The van der Waals surface area contributed by atoms with Gasteiger partial charge in [0, 0.05) is 12.6 Å². The Hall–Kier alpha value is -1.45. The monoisotopic (exact) mass is 282 g/mol. The van der Waals surface area contributed by atoms with Crippen LogP contribution in [-0.2, 0) is 0 Å². The third-order valence-electron chi connectivity index (χ3n) is 2.53. The van der Waals surface area contributed by atoms with Crippen molar-refractivity contribution in [2.75, 3.05) is 19.5 Å². The van der Waals surface area contributed by atoms with Crippen molar-refractivity contribution in [3.63, 3.8) is 0 Å². The second-order valence-corrected chi connectivity index (χ2v) is 4.41. The molecule has 1 N–H and O–H groups in total. The summed E-state index contributed by atoms with van der Waals surface area (Å²) in [5.74, 6) is 1.30. The molecule has 0 aliphatic rings. The van der Waals surface area contributed by atoms with E-state index in [-0.39, 0.29) is 0 Å². The lowest BCUT2D eigenvalue weighted by molar-refractivity contribution is 0.416. The quantitative estimate of drug-likeness (QED) is 0.920. The molecular weight excluding hydrogens is 271 g/mol. The van der Waals surface area contributed by atoms with E-state index in [1.165, 1.54) is 0 Å². The van der Waals surface area contributed by atoms with E-state index >= 15 is 0 Å². The number of halogens is 2. The minimum atomic E-state index is 0.487. The molecule has 0 radical (unpaired) electrons. The fraction of sp³-hybridized carbons (Fsp3) is 0.154. The van der Waals surface area contributed by atoms with E-state index in [0.717, 1.165) is 11.3 Å². The Labute approximate surface area is 116 Å². The van der Waals surface area contributed by atoms with Gasteiger partial charge in [0.05, 0.1) is 22.8 Å². The van der Waals surface area contributed by atoms with E-state index in [4.69, 9.17) is 27.9 Å². The molecule has 0 unspecified atom stereocenters. The van der Waals surface area contributed by atoms with E-state index in [9.17, 15) is 0 Å². The number of rotatable bonds is 3. The van der Waals surface area contributed by atoms with Crippen LogP contribution in [0.5, 0.6) is 5.75 Å². The molecule has 0 saturated heterocycles. The van der Waals surface area contributed by atoms with Gasteiger partial charge in [0.1, 0.15) is 11.6 Å². The second-order valence-electron chi connectivity index (χ2n) is 3.60. The van der Waals surface area contributed by atoms with Crippen molar-refractivity contribution in [2.24, 2.45) is 0 Å². The van der Waals surface area contributed by atoms with Gasteiger partial charge in [0.2, 0.25) is 0 Å². The number of ether oxygens (including phenoxy) is 1. The van der Waals surface area contributed by atoms with E-state index in [1.54, 1.807) is 20.2 Å². The highest BCUT2D eigenvalue weighted by Gasteiger charge is 2.13. The summed E-state index contributed by atoms with van der Waals surface area (Å²) in [4.78, 5) is 4.41. The first-order valence-corrected chi connectivity index (χ1v) is 6.10. The molecule has 0 spiro atoms. The maximum atomic E-state index is 6.19. The van der Waals surface area contributed by atoms with Gasteiger partial charge in [0.15, 0.2) is 0 Å². The van der Waals surface area contributed by atoms with Crippen molar-refractivity contribution < 1.29 is 4.74 Å². The summed E-state index contributed by atoms with van der Waals surface area (Å²) in [6.45, 7) is 0. The van der Waals surface area contributed by atoms with Crippen LogP contribution in [0, 0.1) is 0 Å². The average Bonchev–Trinajstić information content (AvgIpc) is 2.39. The number of pyridine rings is 1. The Morgan fingerprint density at radius 1 is 1.17 bits per heavy atom. The number of nitrogens with zero attached hydrogens (tertiary/aromatic N) is 1. The standard InChI is InChI=1S/C13H12Cl2N2O/c1-16-13-10(15)7-9(14)12(17-13)8-5-3-4-6-11(8)18-2/h3-7H,1-2H3,(H,16,17). The summed E-state index contributed by atoms with van der Waals surface area (Å²) >= 11 is 12.2. The first-order chi connectivity index (χ1) is 8.67. The number of anilines is 1. The zero-order valence-corrected chi connectivity index (χ0v) is 11.5. The topological polar surface area (TPSA) is 34.2 Å². The summed E-state index contributed by atoms with van der Waals surface area (Å²) in [6, 6.07) is 9.24. The zero-order chi connectivity index (χ0) is 13.1. The van der Waals surface area contributed by atoms with Gasteiger partial charge >= 0.3 is 0 Å². The summed E-state index contributed by atoms with van der Waals surface area (Å²) < 4.78 is 5.31. The smallest absolute Gasteiger partial charge is 0.145 e. The molecule has 0 atom stereocenters. The van der Waals surface area contributed by atoms with Crippen molar-refractivity contribution in [3.8, 4) is 17.0 Å². The predicted molar refractivity (Wildman–Crippen MR) is 75.8 cm³/mol. The number of para-hydroxylation sites is 1. The number of hydrogen-bond donors (Lipinski definition) is 1. The van der Waals surface area contributed by atoms with Crippen LogP contribution in [0.4, 0.5) is 5.82 Å². The molecule has 2 aromatic rings. The number of hydrogen-bond acceptors (Lipinski definition) is 3. The first kappa shape index (κ1) is 13.0. The number of methoxy groups -OCH3 is 1. The van der Waals surface area contributed by atoms with Crippen molar-refractivity contribution >= 4 is 29.0 Å². The van der Waals surface area contributed by atoms with Crippen LogP contribution in [0.3, 0.4) is 0 Å². The van der Waals surface area contributed by atoms with E-state index in [1.807, 2.05) is 24.3 Å². The molecule has 0 aliphatic heterocycles. The highest BCUT2D eigenvalue weighted by molar-refractivity contribution is 6.37. The number of aromatic nitrogens is 1. The van der Waals surface area contributed by atoms with Crippen molar-refractivity contribution in [1.29, 1.82) is 0 Å². The third-order valence-corrected chi connectivity index (χ3v) is 3.10. The van der Waals surface area contributed by atoms with Crippen LogP contribution >= 0.6 is 23.2 Å². The lowest BCUT2D eigenvalue weighted by Crippen LogP contribution is -1.97. The minimum Gasteiger partial charge on any atom is -0.496 e. The molecular formula is C13H12Cl2N2O. The number of nitrogens with one attached hydrogen (secondary N) is 1. The predicted octanol–water partition coefficient (Wildman–Crippen LogP) is 4.11. The van der Waals surface area contributed by atoms with Gasteiger partial charge in [0.25, 0.3) is 0 Å². The molecule has 1 heterocycles. The Bertz CT molecular complexity index is 573. The maximum absolute atomic E-state index is 6.19. The normalized spacial score (nSPS) is 10.2. The zero-order valence-electron chi connectivity index (χ0n) is 10.00. The van der Waals surface area contributed by atoms with Gasteiger partial charge in [-0.25, -0.2) is 4.98 Å². The minimum absolute atomic E-state index is 0.487. The molecule has 0 bridgehead atoms. The maximum Gasteiger partial charge on any atom is 0.145 e. The van der Waals surface area contributed by atoms with Crippen molar-refractivity contribution in [3.05, 3.63) is 40.4 Å². The van der Waals surface area contributed by atoms with Crippen molar-refractivity contribution in [2.45, 2.75) is 0 Å². The summed E-state index contributed by atoms with van der Waals surface area (Å²) in [5, 5.41) is 3.90. The highest BCUT2D eigenvalue weighted by atomic mass is 35.5. The second kappa shape index (κ2) is 5.46. The molecule has 2 rings (SSSR count). The molecule has 0 amide bonds. The lowest BCUT2D eigenvalue weighted by atomic mass is 10.1. The van der Waals surface area contributed by atoms with Crippen LogP contribution in [0.2, 0.25) is 10.0 Å². The Morgan fingerprint density at radius 3 is 2.56 bits per heavy atom. The fourth-order valence-corrected chi connectivity index (χ4v) is 2.23. The summed E-state index contributed by atoms with van der Waals surface area (Å²) in [5.41, 5.74) is 1.47. The fourth-order valence-electron chi connectivity index (χ4n) is 1.67. The molecule has 0 fully saturated rings. The Balaban J connectivity index is 2.63. The molecule has 18 heavy (non-hydrogen) atoms. The summed E-state index contributed by atoms with van der Waals surface area (Å²) in [7, 11) is 3.37. The van der Waals surface area contributed by atoms with E-state index in [2.05, 4.69) is 10.3 Å². The lowest BCUT2D eigenvalue weighted by Gasteiger charge is -2.11. The van der Waals surface area contributed by atoms with Crippen LogP contribution < -0.4 is 10.1 Å². The summed E-state index contributed by atoms with van der Waals surface area (Å²) in [6.07, 6.45) is 0. The van der Waals surface area contributed by atoms with Gasteiger partial charge in [-0.15, -0.1) is 0 Å². The van der Waals surface area contributed by atoms with Gasteiger partial charge in [-0.1, -0.05) is 35.3 Å². The van der Waals surface area contributed by atoms with Gasteiger partial charge < -0.3 is 10.1 Å². The first-order valence-electron chi connectivity index (χ1n) is 5.34. The van der Waals surface area contributed by atoms with Crippen LogP contribution in [0.25, 0.3) is 11.3 Å². The largest absolute Gasteiger partial charge is 0.496 e. The molecule has 94 valence electrons. The highest BCUT2D eigenvalue weighted by Crippen LogP contribution is 2.36. The Kier molecular flexibility index (Phi) is 3.94. The number of benzene rings is 1. The van der Waals surface area contributed by atoms with E-state index < -0.39 is 0 Å². The van der Waals surface area contributed by atoms with Gasteiger partial charge in [-0.3, -0.25) is 0 Å². The average molecular weight is 283 g/mol. The van der Waals surface area contributed by atoms with Gasteiger partial charge in [-0.2, -0.15) is 0 Å². The molecule has 1 aromatic carbocycles. The molecule has 0 saturated carbocycles. The Morgan fingerprint density at radius 2 is 1.89 bits per heavy atom. The van der Waals surface area contributed by atoms with Crippen LogP contribution in [-0.4, -0.2) is 19.1 Å². The molecule has 5 heteroatoms. The molecule has 3 nitrogen and oxygen atoms in total. The van der Waals surface area contributed by atoms with E-state index in [0.29, 0.717) is 21.6 Å².